The van der Waals surface area contributed by atoms with Gasteiger partial charge in [0.2, 0.25) is 0 Å². The molecule has 0 saturated carbocycles. The molecule has 76 valence electrons. The molecule has 0 fully saturated rings. The Hall–Kier alpha value is -1.47. The number of amides is 1. The van der Waals surface area contributed by atoms with E-state index in [9.17, 15) is 14.9 Å². The molecule has 0 aliphatic carbocycles. The summed E-state index contributed by atoms with van der Waals surface area (Å²) in [6.07, 6.45) is 0. The van der Waals surface area contributed by atoms with Crippen LogP contribution in [0.5, 0.6) is 0 Å². The van der Waals surface area contributed by atoms with Crippen molar-refractivity contribution in [1.82, 2.24) is 5.32 Å². The van der Waals surface area contributed by atoms with Gasteiger partial charge in [-0.15, -0.1) is 0 Å². The van der Waals surface area contributed by atoms with Gasteiger partial charge in [-0.05, 0) is 0 Å². The predicted octanol–water partition coefficient (Wildman–Crippen LogP) is 0.378. The number of nitro groups is 1. The van der Waals surface area contributed by atoms with Gasteiger partial charge < -0.3 is 10.4 Å². The van der Waals surface area contributed by atoms with Gasteiger partial charge in [0.15, 0.2) is 0 Å². The van der Waals surface area contributed by atoms with Gasteiger partial charge in [-0.3, -0.25) is 14.9 Å². The van der Waals surface area contributed by atoms with Crippen molar-refractivity contribution in [3.63, 3.8) is 0 Å². The van der Waals surface area contributed by atoms with Crippen LogP contribution in [0, 0.1) is 10.1 Å². The summed E-state index contributed by atoms with van der Waals surface area (Å²) in [5.74, 6) is -0.414. The van der Waals surface area contributed by atoms with Crippen molar-refractivity contribution in [2.45, 2.75) is 0 Å². The minimum Gasteiger partial charge on any atom is -0.395 e. The average molecular weight is 216 g/mol. The summed E-state index contributed by atoms with van der Waals surface area (Å²) in [5.41, 5.74) is 0.246. The predicted molar refractivity (Wildman–Crippen MR) is 50.4 cm³/mol. The third kappa shape index (κ3) is 2.51. The summed E-state index contributed by atoms with van der Waals surface area (Å²) in [7, 11) is 0. The summed E-state index contributed by atoms with van der Waals surface area (Å²) in [4.78, 5) is 20.9. The lowest BCUT2D eigenvalue weighted by atomic mass is 10.3. The lowest BCUT2D eigenvalue weighted by Gasteiger charge is -1.98. The van der Waals surface area contributed by atoms with E-state index in [-0.39, 0.29) is 23.7 Å². The van der Waals surface area contributed by atoms with Crippen LogP contribution in [0.1, 0.15) is 10.4 Å². The van der Waals surface area contributed by atoms with Crippen LogP contribution in [-0.4, -0.2) is 29.1 Å². The third-order valence-corrected chi connectivity index (χ3v) is 2.31. The molecule has 1 amide bonds. The summed E-state index contributed by atoms with van der Waals surface area (Å²) < 4.78 is 0. The SMILES string of the molecule is O=C(NCCO)c1csc([N+](=O)[O-])c1. The first-order valence-corrected chi connectivity index (χ1v) is 4.65. The minimum absolute atomic E-state index is 0.0702. The topological polar surface area (TPSA) is 92.5 Å². The van der Waals surface area contributed by atoms with Crippen LogP contribution in [-0.2, 0) is 0 Å². The van der Waals surface area contributed by atoms with E-state index in [1.807, 2.05) is 0 Å². The number of thiophene rings is 1. The second kappa shape index (κ2) is 4.68. The molecule has 2 N–H and O–H groups in total. The van der Waals surface area contributed by atoms with Crippen molar-refractivity contribution in [3.8, 4) is 0 Å². The molecule has 0 radical (unpaired) electrons. The smallest absolute Gasteiger partial charge is 0.324 e. The van der Waals surface area contributed by atoms with Gasteiger partial charge in [-0.1, -0.05) is 11.3 Å². The molecule has 6 nitrogen and oxygen atoms in total. The molecule has 1 heterocycles. The fraction of sp³-hybridized carbons (Fsp3) is 0.286. The summed E-state index contributed by atoms with van der Waals surface area (Å²) in [6, 6.07) is 1.21. The molecule has 14 heavy (non-hydrogen) atoms. The van der Waals surface area contributed by atoms with Gasteiger partial charge in [0, 0.05) is 18.0 Å². The molecule has 1 rings (SSSR count). The molecule has 1 aromatic heterocycles. The van der Waals surface area contributed by atoms with Crippen LogP contribution in [0.15, 0.2) is 11.4 Å². The number of nitrogens with one attached hydrogen (secondary N) is 1. The van der Waals surface area contributed by atoms with E-state index >= 15 is 0 Å². The lowest BCUT2D eigenvalue weighted by Crippen LogP contribution is -2.25. The van der Waals surface area contributed by atoms with Gasteiger partial charge in [-0.2, -0.15) is 0 Å². The largest absolute Gasteiger partial charge is 0.395 e. The van der Waals surface area contributed by atoms with E-state index in [4.69, 9.17) is 5.11 Å². The molecule has 0 aliphatic rings. The van der Waals surface area contributed by atoms with Crippen LogP contribution in [0.2, 0.25) is 0 Å². The molecule has 1 aromatic rings. The Kier molecular flexibility index (Phi) is 3.55. The maximum absolute atomic E-state index is 11.2. The number of carbonyl (C=O) groups excluding carboxylic acids is 1. The van der Waals surface area contributed by atoms with Crippen LogP contribution in [0.3, 0.4) is 0 Å². The molecule has 0 aliphatic heterocycles. The Morgan fingerprint density at radius 1 is 1.71 bits per heavy atom. The van der Waals surface area contributed by atoms with Gasteiger partial charge in [-0.25, -0.2) is 0 Å². The zero-order chi connectivity index (χ0) is 10.6. The Labute approximate surface area is 83.3 Å². The normalized spacial score (nSPS) is 9.79. The number of hydrogen-bond donors (Lipinski definition) is 2. The fourth-order valence-corrected chi connectivity index (χ4v) is 1.52. The highest BCUT2D eigenvalue weighted by Gasteiger charge is 2.14. The molecule has 0 atom stereocenters. The van der Waals surface area contributed by atoms with E-state index in [1.165, 1.54) is 11.4 Å². The molecule has 0 spiro atoms. The molecule has 0 bridgehead atoms. The molecular formula is C7H8N2O4S. The molecule has 0 unspecified atom stereocenters. The Balaban J connectivity index is 2.66. The van der Waals surface area contributed by atoms with Crippen molar-refractivity contribution in [2.75, 3.05) is 13.2 Å². The van der Waals surface area contributed by atoms with Gasteiger partial charge >= 0.3 is 5.00 Å². The van der Waals surface area contributed by atoms with Gasteiger partial charge in [0.25, 0.3) is 5.91 Å². The first-order valence-electron chi connectivity index (χ1n) is 3.77. The Morgan fingerprint density at radius 2 is 2.43 bits per heavy atom. The first-order chi connectivity index (χ1) is 6.65. The third-order valence-electron chi connectivity index (χ3n) is 1.43. The van der Waals surface area contributed by atoms with Crippen molar-refractivity contribution < 1.29 is 14.8 Å². The second-order valence-corrected chi connectivity index (χ2v) is 3.30. The number of carbonyl (C=O) groups is 1. The van der Waals surface area contributed by atoms with Crippen molar-refractivity contribution in [3.05, 3.63) is 27.1 Å². The molecule has 7 heteroatoms. The van der Waals surface area contributed by atoms with E-state index in [1.54, 1.807) is 0 Å². The number of hydrogen-bond acceptors (Lipinski definition) is 5. The van der Waals surface area contributed by atoms with Gasteiger partial charge in [0.05, 0.1) is 17.1 Å². The number of aliphatic hydroxyl groups excluding tert-OH is 1. The maximum Gasteiger partial charge on any atom is 0.324 e. The quantitative estimate of drug-likeness (QED) is 0.562. The number of nitrogens with zero attached hydrogens (tertiary/aromatic N) is 1. The molecule has 0 saturated heterocycles. The van der Waals surface area contributed by atoms with E-state index in [0.717, 1.165) is 11.3 Å². The first kappa shape index (κ1) is 10.6. The zero-order valence-corrected chi connectivity index (χ0v) is 7.91. The van der Waals surface area contributed by atoms with Crippen LogP contribution in [0.4, 0.5) is 5.00 Å². The summed E-state index contributed by atoms with van der Waals surface area (Å²) in [6.45, 7) is -0.0134. The highest BCUT2D eigenvalue weighted by Crippen LogP contribution is 2.22. The lowest BCUT2D eigenvalue weighted by molar-refractivity contribution is -0.380. The summed E-state index contributed by atoms with van der Waals surface area (Å²) >= 11 is 0.897. The summed E-state index contributed by atoms with van der Waals surface area (Å²) in [5, 5.41) is 22.5. The minimum atomic E-state index is -0.548. The average Bonchev–Trinajstić information content (AvgIpc) is 2.62. The van der Waals surface area contributed by atoms with E-state index < -0.39 is 10.8 Å². The highest BCUT2D eigenvalue weighted by molar-refractivity contribution is 7.13. The van der Waals surface area contributed by atoms with Crippen molar-refractivity contribution >= 4 is 22.2 Å². The van der Waals surface area contributed by atoms with Crippen LogP contribution in [0.25, 0.3) is 0 Å². The van der Waals surface area contributed by atoms with E-state index in [2.05, 4.69) is 5.32 Å². The zero-order valence-electron chi connectivity index (χ0n) is 7.10. The second-order valence-electron chi connectivity index (χ2n) is 2.41. The number of aliphatic hydroxyl groups is 1. The standard InChI is InChI=1S/C7H8N2O4S/c10-2-1-8-7(11)5-3-6(9(12)13)14-4-5/h3-4,10H,1-2H2,(H,8,11). The number of rotatable bonds is 4. The Morgan fingerprint density at radius 3 is 2.93 bits per heavy atom. The Bertz CT molecular complexity index is 349. The van der Waals surface area contributed by atoms with Crippen LogP contribution < -0.4 is 5.32 Å². The highest BCUT2D eigenvalue weighted by atomic mass is 32.1. The maximum atomic E-state index is 11.2. The van der Waals surface area contributed by atoms with Crippen molar-refractivity contribution in [1.29, 1.82) is 0 Å². The monoisotopic (exact) mass is 216 g/mol. The molecule has 0 aromatic carbocycles. The van der Waals surface area contributed by atoms with Gasteiger partial charge in [0.1, 0.15) is 0 Å². The van der Waals surface area contributed by atoms with Crippen molar-refractivity contribution in [2.24, 2.45) is 0 Å². The fourth-order valence-electron chi connectivity index (χ4n) is 0.811. The molecular weight excluding hydrogens is 208 g/mol. The van der Waals surface area contributed by atoms with E-state index in [0.29, 0.717) is 0 Å². The van der Waals surface area contributed by atoms with Crippen LogP contribution >= 0.6 is 11.3 Å².